The Labute approximate surface area is 138 Å². The molecular weight excluding hydrogens is 341 g/mol. The second-order valence-corrected chi connectivity index (χ2v) is 5.91. The maximum absolute atomic E-state index is 12.6. The van der Waals surface area contributed by atoms with Crippen LogP contribution >= 0.6 is 11.3 Å². The van der Waals surface area contributed by atoms with Gasteiger partial charge in [-0.1, -0.05) is 35.6 Å². The van der Waals surface area contributed by atoms with Gasteiger partial charge in [0.1, 0.15) is 10.6 Å². The number of hydrogen-bond donors (Lipinski definition) is 1. The quantitative estimate of drug-likeness (QED) is 0.751. The molecule has 0 aliphatic rings. The topological polar surface area (TPSA) is 51.2 Å². The molecule has 1 amide bonds. The maximum atomic E-state index is 12.6. The first-order valence-electron chi connectivity index (χ1n) is 6.79. The molecule has 124 valence electrons. The second kappa shape index (κ2) is 6.12. The number of halogens is 3. The summed E-state index contributed by atoms with van der Waals surface area (Å²) >= 11 is 0.371. The Bertz CT molecular complexity index is 906. The van der Waals surface area contributed by atoms with Gasteiger partial charge in [0.2, 0.25) is 0 Å². The Morgan fingerprint density at radius 3 is 2.46 bits per heavy atom. The highest BCUT2D eigenvalue weighted by atomic mass is 32.1. The van der Waals surface area contributed by atoms with E-state index in [9.17, 15) is 18.0 Å². The molecule has 24 heavy (non-hydrogen) atoms. The standard InChI is InChI=1S/C16H11F3N2O2S/c1-23-12-7-10-5-3-2-4-9(10)6-11(12)14(22)21-15-20-8-13(24-15)16(17,18)19/h2-8H,1H3,(H,20,21,22). The van der Waals surface area contributed by atoms with E-state index >= 15 is 0 Å². The number of ether oxygens (including phenoxy) is 1. The minimum atomic E-state index is -4.48. The SMILES string of the molecule is COc1cc2ccccc2cc1C(=O)Nc1ncc(C(F)(F)F)s1. The van der Waals surface area contributed by atoms with Crippen molar-refractivity contribution >= 4 is 33.1 Å². The molecule has 1 N–H and O–H groups in total. The summed E-state index contributed by atoms with van der Waals surface area (Å²) < 4.78 is 43.0. The first-order valence-corrected chi connectivity index (χ1v) is 7.61. The number of anilines is 1. The molecular formula is C16H11F3N2O2S. The van der Waals surface area contributed by atoms with E-state index in [0.29, 0.717) is 23.3 Å². The van der Waals surface area contributed by atoms with Crippen LogP contribution in [0.5, 0.6) is 5.75 Å². The summed E-state index contributed by atoms with van der Waals surface area (Å²) in [5.41, 5.74) is 0.222. The molecule has 3 rings (SSSR count). The van der Waals surface area contributed by atoms with Crippen molar-refractivity contribution in [2.75, 3.05) is 12.4 Å². The van der Waals surface area contributed by atoms with E-state index in [1.165, 1.54) is 7.11 Å². The predicted molar refractivity (Wildman–Crippen MR) is 85.6 cm³/mol. The predicted octanol–water partition coefficient (Wildman–Crippen LogP) is 4.58. The fourth-order valence-electron chi connectivity index (χ4n) is 2.19. The molecule has 0 aliphatic heterocycles. The van der Waals surface area contributed by atoms with Gasteiger partial charge in [-0.2, -0.15) is 13.2 Å². The van der Waals surface area contributed by atoms with E-state index < -0.39 is 17.0 Å². The van der Waals surface area contributed by atoms with Crippen LogP contribution in [-0.2, 0) is 6.18 Å². The van der Waals surface area contributed by atoms with Gasteiger partial charge < -0.3 is 4.74 Å². The molecule has 0 fully saturated rings. The zero-order chi connectivity index (χ0) is 17.3. The molecule has 0 atom stereocenters. The fraction of sp³-hybridized carbons (Fsp3) is 0.125. The summed E-state index contributed by atoms with van der Waals surface area (Å²) in [6, 6.07) is 10.7. The normalized spacial score (nSPS) is 11.5. The van der Waals surface area contributed by atoms with E-state index in [1.54, 1.807) is 12.1 Å². The Kier molecular flexibility index (Phi) is 4.15. The number of nitrogens with one attached hydrogen (secondary N) is 1. The molecule has 0 saturated heterocycles. The van der Waals surface area contributed by atoms with Gasteiger partial charge in [-0.25, -0.2) is 4.98 Å². The van der Waals surface area contributed by atoms with E-state index in [1.807, 2.05) is 24.3 Å². The molecule has 0 bridgehead atoms. The van der Waals surface area contributed by atoms with Gasteiger partial charge in [-0.15, -0.1) is 0 Å². The number of nitrogens with zero attached hydrogens (tertiary/aromatic N) is 1. The molecule has 3 aromatic rings. The zero-order valence-electron chi connectivity index (χ0n) is 12.3. The summed E-state index contributed by atoms with van der Waals surface area (Å²) in [7, 11) is 1.42. The van der Waals surface area contributed by atoms with E-state index in [4.69, 9.17) is 4.74 Å². The number of alkyl halides is 3. The van der Waals surface area contributed by atoms with Crippen LogP contribution in [0.4, 0.5) is 18.3 Å². The summed E-state index contributed by atoms with van der Waals surface area (Å²) in [6.45, 7) is 0. The van der Waals surface area contributed by atoms with E-state index in [0.717, 1.165) is 10.8 Å². The van der Waals surface area contributed by atoms with Gasteiger partial charge in [0.05, 0.1) is 18.9 Å². The smallest absolute Gasteiger partial charge is 0.427 e. The average molecular weight is 352 g/mol. The van der Waals surface area contributed by atoms with Gasteiger partial charge in [-0.3, -0.25) is 10.1 Å². The van der Waals surface area contributed by atoms with Crippen LogP contribution in [0, 0.1) is 0 Å². The zero-order valence-corrected chi connectivity index (χ0v) is 13.2. The molecule has 1 aromatic heterocycles. The number of aromatic nitrogens is 1. The number of methoxy groups -OCH3 is 1. The van der Waals surface area contributed by atoms with Gasteiger partial charge in [0.25, 0.3) is 5.91 Å². The minimum absolute atomic E-state index is 0.123. The molecule has 0 radical (unpaired) electrons. The average Bonchev–Trinajstić information content (AvgIpc) is 3.02. The highest BCUT2D eigenvalue weighted by molar-refractivity contribution is 7.15. The lowest BCUT2D eigenvalue weighted by molar-refractivity contribution is -0.134. The second-order valence-electron chi connectivity index (χ2n) is 4.88. The number of hydrogen-bond acceptors (Lipinski definition) is 4. The van der Waals surface area contributed by atoms with Crippen molar-refractivity contribution in [2.24, 2.45) is 0 Å². The van der Waals surface area contributed by atoms with Crippen molar-refractivity contribution in [3.63, 3.8) is 0 Å². The van der Waals surface area contributed by atoms with Gasteiger partial charge in [0.15, 0.2) is 5.13 Å². The van der Waals surface area contributed by atoms with Crippen LogP contribution in [-0.4, -0.2) is 18.0 Å². The highest BCUT2D eigenvalue weighted by Crippen LogP contribution is 2.35. The summed E-state index contributed by atoms with van der Waals surface area (Å²) in [6.07, 6.45) is -3.79. The Hall–Kier alpha value is -2.61. The Morgan fingerprint density at radius 1 is 1.21 bits per heavy atom. The molecule has 2 aromatic carbocycles. The number of rotatable bonds is 3. The lowest BCUT2D eigenvalue weighted by Crippen LogP contribution is -2.13. The van der Waals surface area contributed by atoms with Crippen LogP contribution < -0.4 is 10.1 Å². The third-order valence-corrected chi connectivity index (χ3v) is 4.28. The van der Waals surface area contributed by atoms with Crippen molar-refractivity contribution in [3.05, 3.63) is 53.0 Å². The van der Waals surface area contributed by atoms with Crippen LogP contribution in [0.3, 0.4) is 0 Å². The lowest BCUT2D eigenvalue weighted by atomic mass is 10.1. The molecule has 0 saturated carbocycles. The molecule has 1 heterocycles. The van der Waals surface area contributed by atoms with Gasteiger partial charge >= 0.3 is 6.18 Å². The minimum Gasteiger partial charge on any atom is -0.496 e. The van der Waals surface area contributed by atoms with Gasteiger partial charge in [0, 0.05) is 0 Å². The first-order chi connectivity index (χ1) is 11.4. The number of fused-ring (bicyclic) bond motifs is 1. The monoisotopic (exact) mass is 352 g/mol. The Balaban J connectivity index is 1.92. The molecule has 4 nitrogen and oxygen atoms in total. The molecule has 0 spiro atoms. The number of carbonyl (C=O) groups is 1. The first kappa shape index (κ1) is 16.3. The van der Waals surface area contributed by atoms with Crippen molar-refractivity contribution in [2.45, 2.75) is 6.18 Å². The number of amides is 1. The maximum Gasteiger partial charge on any atom is 0.427 e. The molecule has 8 heteroatoms. The third kappa shape index (κ3) is 3.18. The lowest BCUT2D eigenvalue weighted by Gasteiger charge is -2.10. The number of benzene rings is 2. The summed E-state index contributed by atoms with van der Waals surface area (Å²) in [5.74, 6) is -0.250. The summed E-state index contributed by atoms with van der Waals surface area (Å²) in [5, 5.41) is 3.96. The number of carbonyl (C=O) groups excluding carboxylic acids is 1. The van der Waals surface area contributed by atoms with Crippen LogP contribution in [0.15, 0.2) is 42.6 Å². The van der Waals surface area contributed by atoms with Crippen molar-refractivity contribution in [1.82, 2.24) is 4.98 Å². The summed E-state index contributed by atoms with van der Waals surface area (Å²) in [4.78, 5) is 15.1. The Morgan fingerprint density at radius 2 is 1.88 bits per heavy atom. The van der Waals surface area contributed by atoms with E-state index in [2.05, 4.69) is 10.3 Å². The van der Waals surface area contributed by atoms with Crippen LogP contribution in [0.25, 0.3) is 10.8 Å². The van der Waals surface area contributed by atoms with E-state index in [-0.39, 0.29) is 10.7 Å². The van der Waals surface area contributed by atoms with Crippen LogP contribution in [0.1, 0.15) is 15.2 Å². The van der Waals surface area contributed by atoms with Gasteiger partial charge in [-0.05, 0) is 22.9 Å². The van der Waals surface area contributed by atoms with Crippen molar-refractivity contribution < 1.29 is 22.7 Å². The fourth-order valence-corrected chi connectivity index (χ4v) is 2.87. The van der Waals surface area contributed by atoms with Crippen molar-refractivity contribution in [1.29, 1.82) is 0 Å². The van der Waals surface area contributed by atoms with Crippen molar-refractivity contribution in [3.8, 4) is 5.75 Å². The highest BCUT2D eigenvalue weighted by Gasteiger charge is 2.33. The third-order valence-electron chi connectivity index (χ3n) is 3.32. The van der Waals surface area contributed by atoms with Crippen LogP contribution in [0.2, 0.25) is 0 Å². The molecule has 0 unspecified atom stereocenters. The number of thiazole rings is 1. The largest absolute Gasteiger partial charge is 0.496 e. The molecule has 0 aliphatic carbocycles.